The second-order valence-corrected chi connectivity index (χ2v) is 7.84. The van der Waals surface area contributed by atoms with E-state index in [1.165, 1.54) is 19.3 Å². The fraction of sp³-hybridized carbons (Fsp3) is 0.591. The predicted octanol–water partition coefficient (Wildman–Crippen LogP) is 3.26. The average molecular weight is 400 g/mol. The van der Waals surface area contributed by atoms with Crippen molar-refractivity contribution in [2.75, 3.05) is 13.1 Å². The molecule has 0 atom stereocenters. The van der Waals surface area contributed by atoms with Crippen molar-refractivity contribution in [1.82, 2.24) is 25.5 Å². The van der Waals surface area contributed by atoms with E-state index >= 15 is 0 Å². The van der Waals surface area contributed by atoms with Gasteiger partial charge in [0.15, 0.2) is 0 Å². The Hall–Kier alpha value is -2.57. The topological polar surface area (TPSA) is 88.1 Å². The summed E-state index contributed by atoms with van der Waals surface area (Å²) in [5.41, 5.74) is 2.14. The second-order valence-electron chi connectivity index (χ2n) is 7.84. The molecule has 1 aliphatic carbocycles. The number of hydrogen-bond acceptors (Lipinski definition) is 3. The molecule has 0 radical (unpaired) electrons. The van der Waals surface area contributed by atoms with Crippen LogP contribution in [0, 0.1) is 6.92 Å². The van der Waals surface area contributed by atoms with Gasteiger partial charge in [-0.05, 0) is 44.7 Å². The molecule has 1 aromatic carbocycles. The summed E-state index contributed by atoms with van der Waals surface area (Å²) in [7, 11) is 0. The molecule has 0 bridgehead atoms. The highest BCUT2D eigenvalue weighted by Crippen LogP contribution is 2.17. The van der Waals surface area contributed by atoms with E-state index in [0.29, 0.717) is 32.0 Å². The average Bonchev–Trinajstić information content (AvgIpc) is 3.04. The number of aromatic nitrogens is 2. The van der Waals surface area contributed by atoms with E-state index in [-0.39, 0.29) is 11.9 Å². The van der Waals surface area contributed by atoms with Crippen molar-refractivity contribution in [3.8, 4) is 0 Å². The Kier molecular flexibility index (Phi) is 7.90. The van der Waals surface area contributed by atoms with Crippen molar-refractivity contribution >= 4 is 23.0 Å². The molecule has 3 amide bonds. The van der Waals surface area contributed by atoms with Crippen LogP contribution in [0.1, 0.15) is 57.2 Å². The summed E-state index contributed by atoms with van der Waals surface area (Å²) < 4.78 is 2.19. The van der Waals surface area contributed by atoms with E-state index in [1.54, 1.807) is 0 Å². The quantitative estimate of drug-likeness (QED) is 0.566. The number of hydrogen-bond donors (Lipinski definition) is 3. The number of nitrogens with one attached hydrogen (secondary N) is 3. The van der Waals surface area contributed by atoms with Gasteiger partial charge in [-0.3, -0.25) is 4.79 Å². The maximum absolute atomic E-state index is 12.0. The SMILES string of the molecule is Cc1nc2ccccc2n1CCCNC(=O)CCCNC(=O)NC1CCCCC1. The van der Waals surface area contributed by atoms with Crippen LogP contribution >= 0.6 is 0 Å². The van der Waals surface area contributed by atoms with E-state index < -0.39 is 0 Å². The molecule has 7 heteroatoms. The summed E-state index contributed by atoms with van der Waals surface area (Å²) in [6.45, 7) is 4.00. The zero-order valence-electron chi connectivity index (χ0n) is 17.4. The number of imidazole rings is 1. The lowest BCUT2D eigenvalue weighted by molar-refractivity contribution is -0.121. The van der Waals surface area contributed by atoms with Gasteiger partial charge in [-0.2, -0.15) is 0 Å². The van der Waals surface area contributed by atoms with Crippen molar-refractivity contribution in [3.05, 3.63) is 30.1 Å². The highest BCUT2D eigenvalue weighted by atomic mass is 16.2. The van der Waals surface area contributed by atoms with Crippen LogP contribution in [-0.4, -0.2) is 40.6 Å². The van der Waals surface area contributed by atoms with E-state index in [0.717, 1.165) is 42.7 Å². The molecule has 2 aromatic rings. The van der Waals surface area contributed by atoms with Gasteiger partial charge >= 0.3 is 6.03 Å². The Balaban J connectivity index is 1.25. The number of amides is 3. The molecule has 158 valence electrons. The number of nitrogens with zero attached hydrogens (tertiary/aromatic N) is 2. The van der Waals surface area contributed by atoms with Gasteiger partial charge in [0, 0.05) is 32.1 Å². The lowest BCUT2D eigenvalue weighted by atomic mass is 9.96. The van der Waals surface area contributed by atoms with Gasteiger partial charge in [0.05, 0.1) is 11.0 Å². The molecule has 1 fully saturated rings. The smallest absolute Gasteiger partial charge is 0.315 e. The summed E-state index contributed by atoms with van der Waals surface area (Å²) in [5.74, 6) is 1.03. The zero-order chi connectivity index (χ0) is 20.5. The van der Waals surface area contributed by atoms with Crippen molar-refractivity contribution < 1.29 is 9.59 Å². The molecule has 0 saturated heterocycles. The van der Waals surface area contributed by atoms with Gasteiger partial charge in [0.1, 0.15) is 5.82 Å². The standard InChI is InChI=1S/C22H33N5O2/c1-17-25-19-11-5-6-12-20(19)27(17)16-8-15-23-21(28)13-7-14-24-22(29)26-18-9-3-2-4-10-18/h5-6,11-12,18H,2-4,7-10,13-16H2,1H3,(H,23,28)(H2,24,26,29). The minimum atomic E-state index is -0.111. The maximum atomic E-state index is 12.0. The second kappa shape index (κ2) is 10.8. The molecule has 0 aliphatic heterocycles. The molecule has 29 heavy (non-hydrogen) atoms. The number of para-hydroxylation sites is 2. The third kappa shape index (κ3) is 6.48. The number of carbonyl (C=O) groups excluding carboxylic acids is 2. The number of urea groups is 1. The number of benzene rings is 1. The number of rotatable bonds is 9. The number of aryl methyl sites for hydroxylation is 2. The van der Waals surface area contributed by atoms with Crippen molar-refractivity contribution in [1.29, 1.82) is 0 Å². The molecule has 1 aromatic heterocycles. The molecule has 1 saturated carbocycles. The molecule has 0 spiro atoms. The summed E-state index contributed by atoms with van der Waals surface area (Å²) in [4.78, 5) is 28.4. The molecule has 1 aliphatic rings. The lowest BCUT2D eigenvalue weighted by Crippen LogP contribution is -2.43. The van der Waals surface area contributed by atoms with Gasteiger partial charge in [-0.25, -0.2) is 9.78 Å². The van der Waals surface area contributed by atoms with Gasteiger partial charge in [0.2, 0.25) is 5.91 Å². The number of fused-ring (bicyclic) bond motifs is 1. The summed E-state index contributed by atoms with van der Waals surface area (Å²) in [6.07, 6.45) is 7.74. The van der Waals surface area contributed by atoms with E-state index in [1.807, 2.05) is 25.1 Å². The fourth-order valence-corrected chi connectivity index (χ4v) is 3.97. The van der Waals surface area contributed by atoms with Crippen LogP contribution in [-0.2, 0) is 11.3 Å². The third-order valence-corrected chi connectivity index (χ3v) is 5.53. The van der Waals surface area contributed by atoms with Gasteiger partial charge in [-0.1, -0.05) is 31.4 Å². The van der Waals surface area contributed by atoms with Crippen LogP contribution in [0.15, 0.2) is 24.3 Å². The summed E-state index contributed by atoms with van der Waals surface area (Å²) in [6, 6.07) is 8.30. The molecule has 1 heterocycles. The van der Waals surface area contributed by atoms with Crippen LogP contribution in [0.3, 0.4) is 0 Å². The molecule has 0 unspecified atom stereocenters. The zero-order valence-corrected chi connectivity index (χ0v) is 17.4. The van der Waals surface area contributed by atoms with Crippen LogP contribution in [0.2, 0.25) is 0 Å². The summed E-state index contributed by atoms with van der Waals surface area (Å²) >= 11 is 0. The third-order valence-electron chi connectivity index (χ3n) is 5.53. The Morgan fingerprint density at radius 1 is 1.07 bits per heavy atom. The molecular weight excluding hydrogens is 366 g/mol. The molecule has 3 N–H and O–H groups in total. The molecular formula is C22H33N5O2. The first-order chi connectivity index (χ1) is 14.1. The summed E-state index contributed by atoms with van der Waals surface area (Å²) in [5, 5.41) is 8.84. The monoisotopic (exact) mass is 399 g/mol. The van der Waals surface area contributed by atoms with Crippen molar-refractivity contribution in [3.63, 3.8) is 0 Å². The van der Waals surface area contributed by atoms with Crippen LogP contribution in [0.5, 0.6) is 0 Å². The number of carbonyl (C=O) groups is 2. The van der Waals surface area contributed by atoms with E-state index in [9.17, 15) is 9.59 Å². The lowest BCUT2D eigenvalue weighted by Gasteiger charge is -2.22. The van der Waals surface area contributed by atoms with Gasteiger partial charge < -0.3 is 20.5 Å². The van der Waals surface area contributed by atoms with Crippen molar-refractivity contribution in [2.45, 2.75) is 70.9 Å². The predicted molar refractivity (Wildman–Crippen MR) is 115 cm³/mol. The highest BCUT2D eigenvalue weighted by molar-refractivity contribution is 5.77. The fourth-order valence-electron chi connectivity index (χ4n) is 3.97. The highest BCUT2D eigenvalue weighted by Gasteiger charge is 2.15. The van der Waals surface area contributed by atoms with Gasteiger partial charge in [0.25, 0.3) is 0 Å². The molecule has 3 rings (SSSR count). The minimum absolute atomic E-state index is 0.0340. The maximum Gasteiger partial charge on any atom is 0.315 e. The Morgan fingerprint density at radius 3 is 2.66 bits per heavy atom. The first-order valence-corrected chi connectivity index (χ1v) is 10.9. The Labute approximate surface area is 172 Å². The Bertz CT molecular complexity index is 811. The van der Waals surface area contributed by atoms with Crippen LogP contribution in [0.25, 0.3) is 11.0 Å². The minimum Gasteiger partial charge on any atom is -0.356 e. The van der Waals surface area contributed by atoms with Gasteiger partial charge in [-0.15, -0.1) is 0 Å². The molecule has 7 nitrogen and oxygen atoms in total. The van der Waals surface area contributed by atoms with E-state index in [4.69, 9.17) is 0 Å². The Morgan fingerprint density at radius 2 is 1.83 bits per heavy atom. The largest absolute Gasteiger partial charge is 0.356 e. The van der Waals surface area contributed by atoms with Crippen molar-refractivity contribution in [2.24, 2.45) is 0 Å². The first-order valence-electron chi connectivity index (χ1n) is 10.9. The van der Waals surface area contributed by atoms with Crippen LogP contribution in [0.4, 0.5) is 4.79 Å². The van der Waals surface area contributed by atoms with E-state index in [2.05, 4.69) is 31.6 Å². The van der Waals surface area contributed by atoms with Crippen LogP contribution < -0.4 is 16.0 Å². The normalized spacial score (nSPS) is 14.7. The first kappa shape index (κ1) is 21.1.